The molecular weight excluding hydrogens is 232 g/mol. The van der Waals surface area contributed by atoms with Crippen LogP contribution in [-0.4, -0.2) is 23.9 Å². The van der Waals surface area contributed by atoms with Crippen molar-refractivity contribution in [2.75, 3.05) is 6.61 Å². The van der Waals surface area contributed by atoms with Crippen LogP contribution in [0.1, 0.15) is 37.4 Å². The summed E-state index contributed by atoms with van der Waals surface area (Å²) in [6, 6.07) is 4.27. The minimum atomic E-state index is -0.404. The number of hydrogen-bond donors (Lipinski definition) is 1. The quantitative estimate of drug-likeness (QED) is 0.811. The predicted molar refractivity (Wildman–Crippen MR) is 73.7 cm³/mol. The van der Waals surface area contributed by atoms with Crippen molar-refractivity contribution in [3.05, 3.63) is 21.9 Å². The third-order valence-corrected chi connectivity index (χ3v) is 4.12. The molecule has 0 radical (unpaired) electrons. The van der Waals surface area contributed by atoms with Crippen LogP contribution >= 0.6 is 11.3 Å². The molecule has 98 valence electrons. The summed E-state index contributed by atoms with van der Waals surface area (Å²) in [5, 5.41) is 10.2. The number of thiophene rings is 1. The Balaban J connectivity index is 2.59. The zero-order valence-electron chi connectivity index (χ0n) is 11.3. The van der Waals surface area contributed by atoms with Crippen LogP contribution in [0.4, 0.5) is 0 Å². The van der Waals surface area contributed by atoms with Gasteiger partial charge in [0.15, 0.2) is 0 Å². The first-order valence-electron chi connectivity index (χ1n) is 6.45. The Labute approximate surface area is 109 Å². The molecule has 0 bridgehead atoms. The Morgan fingerprint density at radius 3 is 2.35 bits per heavy atom. The van der Waals surface area contributed by atoms with Gasteiger partial charge in [-0.05, 0) is 31.4 Å². The standard InChI is InChI=1S/C14H24O2S/c1-5-11-7-8-12(17-11)9-13(15)14(10(3)4)16-6-2/h7-8,10,13-15H,5-6,9H2,1-4H3. The van der Waals surface area contributed by atoms with Gasteiger partial charge < -0.3 is 9.84 Å². The molecule has 1 N–H and O–H groups in total. The largest absolute Gasteiger partial charge is 0.390 e. The van der Waals surface area contributed by atoms with Crippen molar-refractivity contribution in [3.63, 3.8) is 0 Å². The van der Waals surface area contributed by atoms with Gasteiger partial charge in [-0.3, -0.25) is 0 Å². The first-order chi connectivity index (χ1) is 8.08. The van der Waals surface area contributed by atoms with E-state index in [9.17, 15) is 5.11 Å². The third kappa shape index (κ3) is 4.41. The Morgan fingerprint density at radius 2 is 1.88 bits per heavy atom. The van der Waals surface area contributed by atoms with Gasteiger partial charge in [0.05, 0.1) is 12.2 Å². The predicted octanol–water partition coefficient (Wildman–Crippen LogP) is 3.28. The van der Waals surface area contributed by atoms with Crippen molar-refractivity contribution >= 4 is 11.3 Å². The fourth-order valence-corrected chi connectivity index (χ4v) is 2.99. The summed E-state index contributed by atoms with van der Waals surface area (Å²) in [5.74, 6) is 0.343. The summed E-state index contributed by atoms with van der Waals surface area (Å²) in [4.78, 5) is 2.63. The summed E-state index contributed by atoms with van der Waals surface area (Å²) in [7, 11) is 0. The van der Waals surface area contributed by atoms with Crippen molar-refractivity contribution in [2.24, 2.45) is 5.92 Å². The van der Waals surface area contributed by atoms with Crippen molar-refractivity contribution in [3.8, 4) is 0 Å². The monoisotopic (exact) mass is 256 g/mol. The lowest BCUT2D eigenvalue weighted by atomic mass is 9.99. The summed E-state index contributed by atoms with van der Waals surface area (Å²) in [5.41, 5.74) is 0. The highest BCUT2D eigenvalue weighted by Gasteiger charge is 2.23. The maximum Gasteiger partial charge on any atom is 0.0860 e. The van der Waals surface area contributed by atoms with Crippen molar-refractivity contribution < 1.29 is 9.84 Å². The number of rotatable bonds is 7. The normalized spacial score (nSPS) is 15.2. The molecule has 2 atom stereocenters. The van der Waals surface area contributed by atoms with Crippen LogP contribution in [0.5, 0.6) is 0 Å². The molecule has 3 heteroatoms. The zero-order valence-corrected chi connectivity index (χ0v) is 12.1. The van der Waals surface area contributed by atoms with Crippen LogP contribution in [0, 0.1) is 5.92 Å². The molecule has 1 aromatic rings. The number of aryl methyl sites for hydroxylation is 1. The second-order valence-corrected chi connectivity index (χ2v) is 5.91. The van der Waals surface area contributed by atoms with E-state index in [1.807, 2.05) is 6.92 Å². The number of ether oxygens (including phenoxy) is 1. The summed E-state index contributed by atoms with van der Waals surface area (Å²) < 4.78 is 5.63. The molecule has 1 rings (SSSR count). The molecule has 0 saturated carbocycles. The molecule has 0 spiro atoms. The van der Waals surface area contributed by atoms with Crippen LogP contribution in [0.2, 0.25) is 0 Å². The highest BCUT2D eigenvalue weighted by Crippen LogP contribution is 2.21. The molecule has 0 fully saturated rings. The van der Waals surface area contributed by atoms with E-state index >= 15 is 0 Å². The highest BCUT2D eigenvalue weighted by molar-refractivity contribution is 7.11. The van der Waals surface area contributed by atoms with Gasteiger partial charge in [0, 0.05) is 22.8 Å². The molecular formula is C14H24O2S. The maximum atomic E-state index is 10.2. The lowest BCUT2D eigenvalue weighted by molar-refractivity contribution is -0.0559. The first-order valence-corrected chi connectivity index (χ1v) is 7.27. The second kappa shape index (κ2) is 7.14. The Kier molecular flexibility index (Phi) is 6.17. The van der Waals surface area contributed by atoms with Crippen molar-refractivity contribution in [1.82, 2.24) is 0 Å². The van der Waals surface area contributed by atoms with Gasteiger partial charge in [0.25, 0.3) is 0 Å². The second-order valence-electron chi connectivity index (χ2n) is 4.66. The van der Waals surface area contributed by atoms with Crippen LogP contribution in [-0.2, 0) is 17.6 Å². The lowest BCUT2D eigenvalue weighted by Gasteiger charge is -2.25. The summed E-state index contributed by atoms with van der Waals surface area (Å²) >= 11 is 1.79. The molecule has 2 unspecified atom stereocenters. The molecule has 0 aliphatic rings. The van der Waals surface area contributed by atoms with E-state index in [1.165, 1.54) is 9.75 Å². The van der Waals surface area contributed by atoms with E-state index in [4.69, 9.17) is 4.74 Å². The molecule has 0 aliphatic heterocycles. The maximum absolute atomic E-state index is 10.2. The minimum Gasteiger partial charge on any atom is -0.390 e. The Bertz CT molecular complexity index is 320. The summed E-state index contributed by atoms with van der Waals surface area (Å²) in [6.45, 7) is 8.97. The van der Waals surface area contributed by atoms with Crippen molar-refractivity contribution in [2.45, 2.75) is 52.7 Å². The molecule has 17 heavy (non-hydrogen) atoms. The topological polar surface area (TPSA) is 29.5 Å². The van der Waals surface area contributed by atoms with E-state index in [0.29, 0.717) is 18.9 Å². The van der Waals surface area contributed by atoms with Gasteiger partial charge in [0.1, 0.15) is 0 Å². The first kappa shape index (κ1) is 14.7. The van der Waals surface area contributed by atoms with Gasteiger partial charge >= 0.3 is 0 Å². The van der Waals surface area contributed by atoms with E-state index in [1.54, 1.807) is 11.3 Å². The molecule has 0 saturated heterocycles. The zero-order chi connectivity index (χ0) is 12.8. The Hall–Kier alpha value is -0.380. The average Bonchev–Trinajstić information content (AvgIpc) is 2.72. The summed E-state index contributed by atoms with van der Waals surface area (Å²) in [6.07, 6.45) is 1.30. The van der Waals surface area contributed by atoms with Crippen molar-refractivity contribution in [1.29, 1.82) is 0 Å². The lowest BCUT2D eigenvalue weighted by Crippen LogP contribution is -2.35. The van der Waals surface area contributed by atoms with Crippen LogP contribution < -0.4 is 0 Å². The average molecular weight is 256 g/mol. The van der Waals surface area contributed by atoms with E-state index in [2.05, 4.69) is 32.9 Å². The third-order valence-electron chi connectivity index (χ3n) is 2.87. The van der Waals surface area contributed by atoms with Gasteiger partial charge in [-0.15, -0.1) is 11.3 Å². The SMILES string of the molecule is CCOC(C(C)C)C(O)Cc1ccc(CC)s1. The van der Waals surface area contributed by atoms with E-state index in [0.717, 1.165) is 6.42 Å². The highest BCUT2D eigenvalue weighted by atomic mass is 32.1. The molecule has 0 aromatic carbocycles. The van der Waals surface area contributed by atoms with Crippen LogP contribution in [0.3, 0.4) is 0 Å². The van der Waals surface area contributed by atoms with Gasteiger partial charge in [-0.25, -0.2) is 0 Å². The number of aliphatic hydroxyl groups excluding tert-OH is 1. The molecule has 0 aliphatic carbocycles. The van der Waals surface area contributed by atoms with Crippen LogP contribution in [0.15, 0.2) is 12.1 Å². The molecule has 2 nitrogen and oxygen atoms in total. The van der Waals surface area contributed by atoms with Gasteiger partial charge in [-0.2, -0.15) is 0 Å². The number of hydrogen-bond acceptors (Lipinski definition) is 3. The van der Waals surface area contributed by atoms with E-state index < -0.39 is 6.10 Å². The van der Waals surface area contributed by atoms with Gasteiger partial charge in [-0.1, -0.05) is 20.8 Å². The molecule has 0 amide bonds. The Morgan fingerprint density at radius 1 is 1.24 bits per heavy atom. The smallest absolute Gasteiger partial charge is 0.0860 e. The number of aliphatic hydroxyl groups is 1. The molecule has 1 aromatic heterocycles. The van der Waals surface area contributed by atoms with Gasteiger partial charge in [0.2, 0.25) is 0 Å². The minimum absolute atomic E-state index is 0.0628. The van der Waals surface area contributed by atoms with Crippen LogP contribution in [0.25, 0.3) is 0 Å². The molecule has 1 heterocycles. The van der Waals surface area contributed by atoms with E-state index in [-0.39, 0.29) is 6.10 Å². The fourth-order valence-electron chi connectivity index (χ4n) is 1.98. The fraction of sp³-hybridized carbons (Fsp3) is 0.714.